The predicted octanol–water partition coefficient (Wildman–Crippen LogP) is 2.10. The first kappa shape index (κ1) is 18.2. The van der Waals surface area contributed by atoms with Crippen molar-refractivity contribution in [3.8, 4) is 0 Å². The standard InChI is InChI=1S/C18H32N6O/c1-22(2)13-16-20-21-17(23(16)3)14-8-7-11-24(12-14)18(25)19-15-9-5-4-6-10-15/h14-15H,4-13H2,1-3H3,(H,19,25). The van der Waals surface area contributed by atoms with E-state index in [9.17, 15) is 4.79 Å². The molecule has 1 atom stereocenters. The Bertz CT molecular complexity index is 578. The van der Waals surface area contributed by atoms with Crippen LogP contribution in [0.25, 0.3) is 0 Å². The normalized spacial score (nSPS) is 22.4. The highest BCUT2D eigenvalue weighted by Crippen LogP contribution is 2.26. The molecule has 0 bridgehead atoms. The zero-order chi connectivity index (χ0) is 17.8. The number of amides is 2. The second-order valence-electron chi connectivity index (χ2n) is 7.84. The second-order valence-corrected chi connectivity index (χ2v) is 7.84. The summed E-state index contributed by atoms with van der Waals surface area (Å²) in [6.45, 7) is 2.37. The molecule has 2 aliphatic rings. The lowest BCUT2D eigenvalue weighted by Gasteiger charge is -2.34. The lowest BCUT2D eigenvalue weighted by molar-refractivity contribution is 0.171. The molecule has 2 heterocycles. The van der Waals surface area contributed by atoms with Crippen molar-refractivity contribution in [2.24, 2.45) is 7.05 Å². The number of carbonyl (C=O) groups is 1. The van der Waals surface area contributed by atoms with Crippen molar-refractivity contribution < 1.29 is 4.79 Å². The maximum Gasteiger partial charge on any atom is 0.317 e. The molecule has 1 N–H and O–H groups in total. The molecule has 0 radical (unpaired) electrons. The highest BCUT2D eigenvalue weighted by atomic mass is 16.2. The van der Waals surface area contributed by atoms with Crippen molar-refractivity contribution in [2.75, 3.05) is 27.2 Å². The zero-order valence-electron chi connectivity index (χ0n) is 15.9. The maximum absolute atomic E-state index is 12.6. The largest absolute Gasteiger partial charge is 0.335 e. The van der Waals surface area contributed by atoms with Gasteiger partial charge in [-0.3, -0.25) is 0 Å². The van der Waals surface area contributed by atoms with Crippen molar-refractivity contribution in [3.05, 3.63) is 11.6 Å². The van der Waals surface area contributed by atoms with Crippen LogP contribution in [0.5, 0.6) is 0 Å². The monoisotopic (exact) mass is 348 g/mol. The molecule has 25 heavy (non-hydrogen) atoms. The van der Waals surface area contributed by atoms with Gasteiger partial charge < -0.3 is 19.7 Å². The number of piperidine rings is 1. The molecule has 1 saturated carbocycles. The third kappa shape index (κ3) is 4.51. The van der Waals surface area contributed by atoms with Crippen LogP contribution in [0.2, 0.25) is 0 Å². The Hall–Kier alpha value is -1.63. The van der Waals surface area contributed by atoms with Crippen LogP contribution in [0.1, 0.15) is 62.5 Å². The fraction of sp³-hybridized carbons (Fsp3) is 0.833. The van der Waals surface area contributed by atoms with Gasteiger partial charge in [0.1, 0.15) is 11.6 Å². The Morgan fingerprint density at radius 1 is 1.16 bits per heavy atom. The second kappa shape index (κ2) is 8.17. The van der Waals surface area contributed by atoms with Crippen LogP contribution < -0.4 is 5.32 Å². The molecule has 1 unspecified atom stereocenters. The number of carbonyl (C=O) groups excluding carboxylic acids is 1. The van der Waals surface area contributed by atoms with Gasteiger partial charge in [0.05, 0.1) is 6.54 Å². The van der Waals surface area contributed by atoms with Crippen LogP contribution in [-0.2, 0) is 13.6 Å². The fourth-order valence-electron chi connectivity index (χ4n) is 4.04. The summed E-state index contributed by atoms with van der Waals surface area (Å²) in [5.41, 5.74) is 0. The smallest absolute Gasteiger partial charge is 0.317 e. The van der Waals surface area contributed by atoms with Gasteiger partial charge in [-0.2, -0.15) is 0 Å². The van der Waals surface area contributed by atoms with Crippen LogP contribution >= 0.6 is 0 Å². The highest BCUT2D eigenvalue weighted by Gasteiger charge is 2.29. The fourth-order valence-corrected chi connectivity index (χ4v) is 4.04. The first-order valence-corrected chi connectivity index (χ1v) is 9.63. The number of hydrogen-bond acceptors (Lipinski definition) is 4. The third-order valence-corrected chi connectivity index (χ3v) is 5.46. The number of aromatic nitrogens is 3. The van der Waals surface area contributed by atoms with Gasteiger partial charge in [-0.05, 0) is 39.8 Å². The van der Waals surface area contributed by atoms with Gasteiger partial charge in [-0.25, -0.2) is 4.79 Å². The predicted molar refractivity (Wildman–Crippen MR) is 97.3 cm³/mol. The molecular weight excluding hydrogens is 316 g/mol. The van der Waals surface area contributed by atoms with Gasteiger partial charge in [0.2, 0.25) is 0 Å². The molecule has 2 fully saturated rings. The average Bonchev–Trinajstić information content (AvgIpc) is 2.96. The number of urea groups is 1. The molecule has 7 nitrogen and oxygen atoms in total. The van der Waals surface area contributed by atoms with Gasteiger partial charge in [0, 0.05) is 32.1 Å². The minimum Gasteiger partial charge on any atom is -0.335 e. The van der Waals surface area contributed by atoms with Gasteiger partial charge in [0.15, 0.2) is 0 Å². The first-order valence-electron chi connectivity index (χ1n) is 9.63. The molecule has 1 aromatic rings. The summed E-state index contributed by atoms with van der Waals surface area (Å²) >= 11 is 0. The summed E-state index contributed by atoms with van der Waals surface area (Å²) < 4.78 is 2.10. The summed E-state index contributed by atoms with van der Waals surface area (Å²) in [7, 11) is 6.10. The molecule has 2 amide bonds. The van der Waals surface area contributed by atoms with Gasteiger partial charge >= 0.3 is 6.03 Å². The quantitative estimate of drug-likeness (QED) is 0.905. The summed E-state index contributed by atoms with van der Waals surface area (Å²) in [5, 5.41) is 12.0. The Labute approximate surface area is 150 Å². The van der Waals surface area contributed by atoms with Crippen molar-refractivity contribution in [1.29, 1.82) is 0 Å². The average molecular weight is 348 g/mol. The minimum absolute atomic E-state index is 0.104. The molecule has 1 aliphatic carbocycles. The van der Waals surface area contributed by atoms with E-state index >= 15 is 0 Å². The number of likely N-dealkylation sites (tertiary alicyclic amines) is 1. The van der Waals surface area contributed by atoms with E-state index in [1.54, 1.807) is 0 Å². The van der Waals surface area contributed by atoms with E-state index in [1.807, 2.05) is 26.0 Å². The Morgan fingerprint density at radius 3 is 2.64 bits per heavy atom. The maximum atomic E-state index is 12.6. The lowest BCUT2D eigenvalue weighted by Crippen LogP contribution is -2.48. The van der Waals surface area contributed by atoms with E-state index < -0.39 is 0 Å². The topological polar surface area (TPSA) is 66.3 Å². The Balaban J connectivity index is 1.60. The van der Waals surface area contributed by atoms with Gasteiger partial charge in [-0.1, -0.05) is 19.3 Å². The minimum atomic E-state index is 0.104. The third-order valence-electron chi connectivity index (χ3n) is 5.46. The molecule has 3 rings (SSSR count). The van der Waals surface area contributed by atoms with E-state index in [-0.39, 0.29) is 11.9 Å². The molecular formula is C18H32N6O. The van der Waals surface area contributed by atoms with Crippen molar-refractivity contribution in [2.45, 2.75) is 63.5 Å². The Morgan fingerprint density at radius 2 is 1.92 bits per heavy atom. The van der Waals surface area contributed by atoms with Crippen LogP contribution in [0.3, 0.4) is 0 Å². The highest BCUT2D eigenvalue weighted by molar-refractivity contribution is 5.74. The molecule has 7 heteroatoms. The number of nitrogens with one attached hydrogen (secondary N) is 1. The van der Waals surface area contributed by atoms with E-state index in [0.717, 1.165) is 57.0 Å². The van der Waals surface area contributed by atoms with Crippen LogP contribution in [0, 0.1) is 0 Å². The summed E-state index contributed by atoms with van der Waals surface area (Å²) in [6, 6.07) is 0.468. The van der Waals surface area contributed by atoms with E-state index in [4.69, 9.17) is 0 Å². The van der Waals surface area contributed by atoms with Gasteiger partial charge in [0.25, 0.3) is 0 Å². The summed E-state index contributed by atoms with van der Waals surface area (Å²) in [4.78, 5) is 16.7. The lowest BCUT2D eigenvalue weighted by atomic mass is 9.95. The number of rotatable bonds is 4. The van der Waals surface area contributed by atoms with Crippen molar-refractivity contribution >= 4 is 6.03 Å². The molecule has 140 valence electrons. The molecule has 1 aromatic heterocycles. The van der Waals surface area contributed by atoms with Crippen molar-refractivity contribution in [3.63, 3.8) is 0 Å². The van der Waals surface area contributed by atoms with E-state index in [2.05, 4.69) is 25.0 Å². The summed E-state index contributed by atoms with van der Waals surface area (Å²) in [6.07, 6.45) is 8.13. The van der Waals surface area contributed by atoms with Crippen molar-refractivity contribution in [1.82, 2.24) is 29.9 Å². The Kier molecular flexibility index (Phi) is 5.93. The van der Waals surface area contributed by atoms with Crippen LogP contribution in [0.4, 0.5) is 4.79 Å². The molecule has 0 spiro atoms. The van der Waals surface area contributed by atoms with Gasteiger partial charge in [-0.15, -0.1) is 10.2 Å². The molecule has 1 saturated heterocycles. The summed E-state index contributed by atoms with van der Waals surface area (Å²) in [5.74, 6) is 2.26. The SMILES string of the molecule is CN(C)Cc1nnc(C2CCCN(C(=O)NC3CCCCC3)C2)n1C. The van der Waals surface area contributed by atoms with Crippen LogP contribution in [0.15, 0.2) is 0 Å². The number of nitrogens with zero attached hydrogens (tertiary/aromatic N) is 5. The van der Waals surface area contributed by atoms with Crippen LogP contribution in [-0.4, -0.2) is 63.8 Å². The molecule has 1 aliphatic heterocycles. The number of hydrogen-bond donors (Lipinski definition) is 1. The van der Waals surface area contributed by atoms with E-state index in [1.165, 1.54) is 19.3 Å². The van der Waals surface area contributed by atoms with E-state index in [0.29, 0.717) is 6.04 Å². The molecule has 0 aromatic carbocycles. The first-order chi connectivity index (χ1) is 12.0. The zero-order valence-corrected chi connectivity index (χ0v) is 15.9.